The van der Waals surface area contributed by atoms with E-state index >= 15 is 0 Å². The molecule has 0 aliphatic rings. The highest BCUT2D eigenvalue weighted by molar-refractivity contribution is 5.30. The summed E-state index contributed by atoms with van der Waals surface area (Å²) in [7, 11) is 0. The van der Waals surface area contributed by atoms with Gasteiger partial charge in [0.05, 0.1) is 6.04 Å². The van der Waals surface area contributed by atoms with Crippen molar-refractivity contribution in [3.8, 4) is 0 Å². The van der Waals surface area contributed by atoms with Gasteiger partial charge in [-0.1, -0.05) is 19.1 Å². The molecule has 0 aliphatic heterocycles. The molecule has 2 aromatic rings. The SMILES string of the molecule is CCN[C@H](c1cccnc1)c1ccc(F)c(F)c1. The second-order valence-electron chi connectivity index (χ2n) is 3.95. The minimum Gasteiger partial charge on any atom is -0.306 e. The Morgan fingerprint density at radius 1 is 1.17 bits per heavy atom. The minimum absolute atomic E-state index is 0.182. The molecule has 2 nitrogen and oxygen atoms in total. The van der Waals surface area contributed by atoms with Gasteiger partial charge in [-0.15, -0.1) is 0 Å². The number of hydrogen-bond donors (Lipinski definition) is 1. The van der Waals surface area contributed by atoms with Gasteiger partial charge >= 0.3 is 0 Å². The van der Waals surface area contributed by atoms with Crippen LogP contribution in [0.2, 0.25) is 0 Å². The molecule has 1 atom stereocenters. The summed E-state index contributed by atoms with van der Waals surface area (Å²) >= 11 is 0. The molecule has 2 rings (SSSR count). The summed E-state index contributed by atoms with van der Waals surface area (Å²) in [5.74, 6) is -1.67. The van der Waals surface area contributed by atoms with Crippen molar-refractivity contribution in [3.05, 3.63) is 65.5 Å². The van der Waals surface area contributed by atoms with Crippen molar-refractivity contribution in [1.29, 1.82) is 0 Å². The molecule has 94 valence electrons. The third-order valence-electron chi connectivity index (χ3n) is 2.70. The molecule has 0 unspecified atom stereocenters. The Hall–Kier alpha value is -1.81. The zero-order valence-corrected chi connectivity index (χ0v) is 10.0. The van der Waals surface area contributed by atoms with Gasteiger partial charge in [-0.2, -0.15) is 0 Å². The van der Waals surface area contributed by atoms with Crippen LogP contribution in [0, 0.1) is 11.6 Å². The minimum atomic E-state index is -0.834. The number of nitrogens with zero attached hydrogens (tertiary/aromatic N) is 1. The fourth-order valence-corrected chi connectivity index (χ4v) is 1.87. The third-order valence-corrected chi connectivity index (χ3v) is 2.70. The van der Waals surface area contributed by atoms with E-state index in [1.54, 1.807) is 18.5 Å². The fourth-order valence-electron chi connectivity index (χ4n) is 1.87. The van der Waals surface area contributed by atoms with Gasteiger partial charge in [0.2, 0.25) is 0 Å². The Labute approximate surface area is 105 Å². The average Bonchev–Trinajstić information content (AvgIpc) is 2.40. The lowest BCUT2D eigenvalue weighted by molar-refractivity contribution is 0.504. The Morgan fingerprint density at radius 3 is 2.61 bits per heavy atom. The number of aromatic nitrogens is 1. The lowest BCUT2D eigenvalue weighted by Crippen LogP contribution is -2.22. The molecular formula is C14H14F2N2. The second-order valence-corrected chi connectivity index (χ2v) is 3.95. The molecule has 4 heteroatoms. The van der Waals surface area contributed by atoms with E-state index in [2.05, 4.69) is 10.3 Å². The smallest absolute Gasteiger partial charge is 0.159 e. The maximum Gasteiger partial charge on any atom is 0.159 e. The topological polar surface area (TPSA) is 24.9 Å². The van der Waals surface area contributed by atoms with Crippen molar-refractivity contribution >= 4 is 0 Å². The van der Waals surface area contributed by atoms with Crippen LogP contribution in [-0.2, 0) is 0 Å². The molecule has 0 bridgehead atoms. The summed E-state index contributed by atoms with van der Waals surface area (Å²) in [6, 6.07) is 7.49. The summed E-state index contributed by atoms with van der Waals surface area (Å²) in [5, 5.41) is 3.23. The van der Waals surface area contributed by atoms with Crippen LogP contribution in [0.15, 0.2) is 42.7 Å². The van der Waals surface area contributed by atoms with Crippen molar-refractivity contribution in [3.63, 3.8) is 0 Å². The summed E-state index contributed by atoms with van der Waals surface area (Å²) in [6.07, 6.45) is 3.40. The molecule has 18 heavy (non-hydrogen) atoms. The van der Waals surface area contributed by atoms with E-state index in [1.165, 1.54) is 6.07 Å². The molecule has 0 saturated carbocycles. The van der Waals surface area contributed by atoms with Crippen LogP contribution in [0.4, 0.5) is 8.78 Å². The normalized spacial score (nSPS) is 12.4. The molecule has 0 aliphatic carbocycles. The number of nitrogens with one attached hydrogen (secondary N) is 1. The van der Waals surface area contributed by atoms with Crippen LogP contribution in [-0.4, -0.2) is 11.5 Å². The summed E-state index contributed by atoms with van der Waals surface area (Å²) in [4.78, 5) is 4.05. The third kappa shape index (κ3) is 2.71. The Morgan fingerprint density at radius 2 is 2.00 bits per heavy atom. The molecule has 1 aromatic heterocycles. The number of hydrogen-bond acceptors (Lipinski definition) is 2. The van der Waals surface area contributed by atoms with Crippen LogP contribution in [0.25, 0.3) is 0 Å². The maximum atomic E-state index is 13.3. The van der Waals surface area contributed by atoms with Crippen LogP contribution < -0.4 is 5.32 Å². The first-order chi connectivity index (χ1) is 8.72. The van der Waals surface area contributed by atoms with Crippen LogP contribution in [0.1, 0.15) is 24.1 Å². The van der Waals surface area contributed by atoms with Crippen molar-refractivity contribution in [2.75, 3.05) is 6.54 Å². The fraction of sp³-hybridized carbons (Fsp3) is 0.214. The van der Waals surface area contributed by atoms with E-state index in [0.29, 0.717) is 5.56 Å². The molecule has 0 spiro atoms. The summed E-state index contributed by atoms with van der Waals surface area (Å²) < 4.78 is 26.2. The summed E-state index contributed by atoms with van der Waals surface area (Å²) in [5.41, 5.74) is 1.61. The number of halogens is 2. The molecule has 1 N–H and O–H groups in total. The van der Waals surface area contributed by atoms with Gasteiger partial charge in [0.1, 0.15) is 0 Å². The first-order valence-electron chi connectivity index (χ1n) is 5.80. The molecule has 1 heterocycles. The molecule has 0 amide bonds. The molecule has 0 saturated heterocycles. The largest absolute Gasteiger partial charge is 0.306 e. The maximum absolute atomic E-state index is 13.3. The van der Waals surface area contributed by atoms with Crippen LogP contribution in [0.5, 0.6) is 0 Å². The lowest BCUT2D eigenvalue weighted by Gasteiger charge is -2.18. The second kappa shape index (κ2) is 5.69. The van der Waals surface area contributed by atoms with E-state index in [9.17, 15) is 8.78 Å². The quantitative estimate of drug-likeness (QED) is 0.899. The standard InChI is InChI=1S/C14H14F2N2/c1-2-18-14(11-4-3-7-17-9-11)10-5-6-12(15)13(16)8-10/h3-9,14,18H,2H2,1H3/t14-/m0/s1. The van der Waals surface area contributed by atoms with Gasteiger partial charge < -0.3 is 5.32 Å². The Bertz CT molecular complexity index is 514. The monoisotopic (exact) mass is 248 g/mol. The number of pyridine rings is 1. The van der Waals surface area contributed by atoms with Gasteiger partial charge in [-0.05, 0) is 35.9 Å². The predicted octanol–water partition coefficient (Wildman–Crippen LogP) is 3.06. The van der Waals surface area contributed by atoms with Crippen LogP contribution >= 0.6 is 0 Å². The van der Waals surface area contributed by atoms with Crippen molar-refractivity contribution < 1.29 is 8.78 Å². The van der Waals surface area contributed by atoms with E-state index in [4.69, 9.17) is 0 Å². The molecular weight excluding hydrogens is 234 g/mol. The first kappa shape index (κ1) is 12.6. The summed E-state index contributed by atoms with van der Waals surface area (Å²) in [6.45, 7) is 2.68. The highest BCUT2D eigenvalue weighted by atomic mass is 19.2. The lowest BCUT2D eigenvalue weighted by atomic mass is 10.00. The van der Waals surface area contributed by atoms with Crippen molar-refractivity contribution in [1.82, 2.24) is 10.3 Å². The zero-order valence-electron chi connectivity index (χ0n) is 10.0. The van der Waals surface area contributed by atoms with Crippen molar-refractivity contribution in [2.45, 2.75) is 13.0 Å². The number of rotatable bonds is 4. The predicted molar refractivity (Wildman–Crippen MR) is 66.1 cm³/mol. The van der Waals surface area contributed by atoms with Crippen LogP contribution in [0.3, 0.4) is 0 Å². The Kier molecular flexibility index (Phi) is 3.99. The molecule has 0 radical (unpaired) electrons. The van der Waals surface area contributed by atoms with Gasteiger partial charge in [-0.3, -0.25) is 4.98 Å². The zero-order chi connectivity index (χ0) is 13.0. The highest BCUT2D eigenvalue weighted by Crippen LogP contribution is 2.22. The molecule has 1 aromatic carbocycles. The highest BCUT2D eigenvalue weighted by Gasteiger charge is 2.14. The first-order valence-corrected chi connectivity index (χ1v) is 5.80. The van der Waals surface area contributed by atoms with Crippen molar-refractivity contribution in [2.24, 2.45) is 0 Å². The van der Waals surface area contributed by atoms with Gasteiger partial charge in [0.15, 0.2) is 11.6 Å². The average molecular weight is 248 g/mol. The Balaban J connectivity index is 2.38. The van der Waals surface area contributed by atoms with Gasteiger partial charge in [0, 0.05) is 12.4 Å². The van der Waals surface area contributed by atoms with E-state index in [1.807, 2.05) is 19.1 Å². The van der Waals surface area contributed by atoms with Gasteiger partial charge in [0.25, 0.3) is 0 Å². The van der Waals surface area contributed by atoms with Gasteiger partial charge in [-0.25, -0.2) is 8.78 Å². The number of benzene rings is 1. The van der Waals surface area contributed by atoms with E-state index in [0.717, 1.165) is 18.2 Å². The molecule has 0 fully saturated rings. The van der Waals surface area contributed by atoms with E-state index < -0.39 is 11.6 Å². The van der Waals surface area contributed by atoms with E-state index in [-0.39, 0.29) is 6.04 Å².